The molecule has 4 rings (SSSR count). The van der Waals surface area contributed by atoms with E-state index < -0.39 is 6.09 Å². The van der Waals surface area contributed by atoms with Crippen LogP contribution in [0.15, 0.2) is 48.8 Å². The highest BCUT2D eigenvalue weighted by atomic mass is 16.5. The molecule has 0 spiro atoms. The van der Waals surface area contributed by atoms with Gasteiger partial charge in [-0.25, -0.2) is 14.8 Å². The highest BCUT2D eigenvalue weighted by Gasteiger charge is 2.17. The molecular formula is C24H29N5O3. The summed E-state index contributed by atoms with van der Waals surface area (Å²) in [6.07, 6.45) is 5.25. The molecule has 32 heavy (non-hydrogen) atoms. The fraction of sp³-hybridized carbons (Fsp3) is 0.375. The third-order valence-electron chi connectivity index (χ3n) is 5.77. The van der Waals surface area contributed by atoms with Crippen LogP contribution in [0.4, 0.5) is 16.3 Å². The lowest BCUT2D eigenvalue weighted by Gasteiger charge is -2.28. The van der Waals surface area contributed by atoms with Gasteiger partial charge in [-0.15, -0.1) is 0 Å². The summed E-state index contributed by atoms with van der Waals surface area (Å²) in [5.74, 6) is 1.74. The third kappa shape index (κ3) is 5.64. The van der Waals surface area contributed by atoms with Gasteiger partial charge in [-0.3, -0.25) is 5.32 Å². The summed E-state index contributed by atoms with van der Waals surface area (Å²) in [4.78, 5) is 22.5. The minimum absolute atomic E-state index is 0.474. The molecule has 168 valence electrons. The Balaban J connectivity index is 1.36. The molecule has 1 aromatic carbocycles. The van der Waals surface area contributed by atoms with Gasteiger partial charge in [0.1, 0.15) is 5.82 Å². The lowest BCUT2D eigenvalue weighted by atomic mass is 9.98. The SMILES string of the molecule is COC(=O)Nc1nccc2cc(NCc3ccnc(OCC4CCN(C)CC4)c3)ccc12. The number of hydrogen-bond donors (Lipinski definition) is 2. The minimum Gasteiger partial charge on any atom is -0.477 e. The Kier molecular flexibility index (Phi) is 7.01. The van der Waals surface area contributed by atoms with Gasteiger partial charge in [0.25, 0.3) is 0 Å². The number of pyridine rings is 2. The molecule has 3 heterocycles. The number of piperidine rings is 1. The van der Waals surface area contributed by atoms with Crippen molar-refractivity contribution in [1.29, 1.82) is 0 Å². The molecule has 8 nitrogen and oxygen atoms in total. The fourth-order valence-electron chi connectivity index (χ4n) is 3.81. The number of fused-ring (bicyclic) bond motifs is 1. The Morgan fingerprint density at radius 3 is 2.75 bits per heavy atom. The molecule has 1 aliphatic rings. The first-order valence-corrected chi connectivity index (χ1v) is 10.8. The summed E-state index contributed by atoms with van der Waals surface area (Å²) in [5.41, 5.74) is 2.07. The van der Waals surface area contributed by atoms with Crippen LogP contribution in [0, 0.1) is 5.92 Å². The van der Waals surface area contributed by atoms with Gasteiger partial charge in [0.2, 0.25) is 5.88 Å². The predicted molar refractivity (Wildman–Crippen MR) is 125 cm³/mol. The topological polar surface area (TPSA) is 88.6 Å². The van der Waals surface area contributed by atoms with Gasteiger partial charge in [0, 0.05) is 36.1 Å². The second-order valence-electron chi connectivity index (χ2n) is 8.13. The van der Waals surface area contributed by atoms with E-state index in [-0.39, 0.29) is 0 Å². The molecule has 0 saturated carbocycles. The summed E-state index contributed by atoms with van der Waals surface area (Å²) >= 11 is 0. The maximum Gasteiger partial charge on any atom is 0.412 e. The van der Waals surface area contributed by atoms with E-state index in [1.165, 1.54) is 20.0 Å². The first-order chi connectivity index (χ1) is 15.6. The fourth-order valence-corrected chi connectivity index (χ4v) is 3.81. The number of carbonyl (C=O) groups excluding carboxylic acids is 1. The van der Waals surface area contributed by atoms with E-state index in [1.54, 1.807) is 12.4 Å². The largest absolute Gasteiger partial charge is 0.477 e. The van der Waals surface area contributed by atoms with Crippen molar-refractivity contribution in [1.82, 2.24) is 14.9 Å². The molecule has 8 heteroatoms. The number of carbonyl (C=O) groups is 1. The van der Waals surface area contributed by atoms with Crippen LogP contribution in [0.2, 0.25) is 0 Å². The molecule has 3 aromatic rings. The Bertz CT molecular complexity index is 1070. The third-order valence-corrected chi connectivity index (χ3v) is 5.77. The van der Waals surface area contributed by atoms with E-state index >= 15 is 0 Å². The predicted octanol–water partition coefficient (Wildman–Crippen LogP) is 4.14. The zero-order valence-electron chi connectivity index (χ0n) is 18.5. The van der Waals surface area contributed by atoms with Gasteiger partial charge in [-0.2, -0.15) is 0 Å². The van der Waals surface area contributed by atoms with Crippen LogP contribution in [0.3, 0.4) is 0 Å². The van der Waals surface area contributed by atoms with Crippen LogP contribution >= 0.6 is 0 Å². The zero-order valence-corrected chi connectivity index (χ0v) is 18.5. The monoisotopic (exact) mass is 435 g/mol. The number of nitrogens with zero attached hydrogens (tertiary/aromatic N) is 3. The quantitative estimate of drug-likeness (QED) is 0.577. The number of aromatic nitrogens is 2. The molecule has 2 aromatic heterocycles. The van der Waals surface area contributed by atoms with Crippen molar-refractivity contribution in [3.8, 4) is 5.88 Å². The molecular weight excluding hydrogens is 406 g/mol. The number of likely N-dealkylation sites (tertiary alicyclic amines) is 1. The highest BCUT2D eigenvalue weighted by molar-refractivity contribution is 5.99. The molecule has 0 bridgehead atoms. The number of amides is 1. The number of benzene rings is 1. The summed E-state index contributed by atoms with van der Waals surface area (Å²) in [7, 11) is 3.49. The number of ether oxygens (including phenoxy) is 2. The number of nitrogens with one attached hydrogen (secondary N) is 2. The maximum absolute atomic E-state index is 11.5. The number of hydrogen-bond acceptors (Lipinski definition) is 7. The van der Waals surface area contributed by atoms with Crippen LogP contribution < -0.4 is 15.4 Å². The lowest BCUT2D eigenvalue weighted by molar-refractivity contribution is 0.157. The van der Waals surface area contributed by atoms with Crippen molar-refractivity contribution in [3.05, 3.63) is 54.4 Å². The minimum atomic E-state index is -0.543. The van der Waals surface area contributed by atoms with Gasteiger partial charge in [-0.1, -0.05) is 0 Å². The van der Waals surface area contributed by atoms with Crippen molar-refractivity contribution >= 4 is 28.4 Å². The first kappa shape index (κ1) is 21.8. The average molecular weight is 436 g/mol. The Morgan fingerprint density at radius 2 is 1.94 bits per heavy atom. The standard InChI is InChI=1S/C24H29N5O3/c1-29-11-7-17(8-12-29)16-32-22-13-18(5-9-25-22)15-27-20-3-4-21-19(14-20)6-10-26-23(21)28-24(30)31-2/h3-6,9-10,13-14,17,27H,7-8,11-12,15-16H2,1-2H3,(H,26,28,30). The van der Waals surface area contributed by atoms with Crippen LogP contribution in [0.5, 0.6) is 5.88 Å². The van der Waals surface area contributed by atoms with Crippen LogP contribution in [-0.4, -0.2) is 54.8 Å². The van der Waals surface area contributed by atoms with E-state index in [9.17, 15) is 4.79 Å². The van der Waals surface area contributed by atoms with Crippen molar-refractivity contribution < 1.29 is 14.3 Å². The maximum atomic E-state index is 11.5. The summed E-state index contributed by atoms with van der Waals surface area (Å²) in [6.45, 7) is 3.64. The van der Waals surface area contributed by atoms with Crippen molar-refractivity contribution in [2.24, 2.45) is 5.92 Å². The molecule has 0 atom stereocenters. The Labute approximate surface area is 188 Å². The second kappa shape index (κ2) is 10.3. The number of anilines is 2. The molecule has 1 fully saturated rings. The molecule has 0 aliphatic carbocycles. The summed E-state index contributed by atoms with van der Waals surface area (Å²) in [6, 6.07) is 11.8. The van der Waals surface area contributed by atoms with E-state index in [2.05, 4.69) is 37.3 Å². The Hall–Kier alpha value is -3.39. The molecule has 1 aliphatic heterocycles. The smallest absolute Gasteiger partial charge is 0.412 e. The zero-order chi connectivity index (χ0) is 22.3. The van der Waals surface area contributed by atoms with E-state index in [0.29, 0.717) is 24.2 Å². The van der Waals surface area contributed by atoms with Crippen molar-refractivity contribution in [2.45, 2.75) is 19.4 Å². The van der Waals surface area contributed by atoms with Crippen molar-refractivity contribution in [2.75, 3.05) is 44.5 Å². The van der Waals surface area contributed by atoms with Gasteiger partial charge in [0.05, 0.1) is 13.7 Å². The first-order valence-electron chi connectivity index (χ1n) is 10.8. The van der Waals surface area contributed by atoms with Crippen molar-refractivity contribution in [3.63, 3.8) is 0 Å². The highest BCUT2D eigenvalue weighted by Crippen LogP contribution is 2.25. The lowest BCUT2D eigenvalue weighted by Crippen LogP contribution is -2.32. The summed E-state index contributed by atoms with van der Waals surface area (Å²) in [5, 5.41) is 7.89. The molecule has 2 N–H and O–H groups in total. The van der Waals surface area contributed by atoms with Crippen LogP contribution in [-0.2, 0) is 11.3 Å². The van der Waals surface area contributed by atoms with Crippen LogP contribution in [0.25, 0.3) is 10.8 Å². The normalized spacial score (nSPS) is 14.8. The van der Waals surface area contributed by atoms with Gasteiger partial charge in [0.15, 0.2) is 0 Å². The van der Waals surface area contributed by atoms with E-state index in [1.807, 2.05) is 36.4 Å². The van der Waals surface area contributed by atoms with Gasteiger partial charge in [-0.05, 0) is 80.2 Å². The average Bonchev–Trinajstić information content (AvgIpc) is 2.82. The van der Waals surface area contributed by atoms with E-state index in [4.69, 9.17) is 4.74 Å². The van der Waals surface area contributed by atoms with Crippen LogP contribution in [0.1, 0.15) is 18.4 Å². The van der Waals surface area contributed by atoms with Gasteiger partial charge < -0.3 is 19.7 Å². The second-order valence-corrected chi connectivity index (χ2v) is 8.13. The van der Waals surface area contributed by atoms with E-state index in [0.717, 1.165) is 41.7 Å². The van der Waals surface area contributed by atoms with Gasteiger partial charge >= 0.3 is 6.09 Å². The molecule has 1 saturated heterocycles. The Morgan fingerprint density at radius 1 is 1.12 bits per heavy atom. The summed E-state index contributed by atoms with van der Waals surface area (Å²) < 4.78 is 10.6. The molecule has 1 amide bonds. The molecule has 0 radical (unpaired) electrons. The number of methoxy groups -OCH3 is 1. The molecule has 0 unspecified atom stereocenters. The number of rotatable bonds is 7.